The predicted octanol–water partition coefficient (Wildman–Crippen LogP) is 2.93. The second-order valence-electron chi connectivity index (χ2n) is 9.43. The van der Waals surface area contributed by atoms with Gasteiger partial charge in [-0.3, -0.25) is 4.79 Å². The van der Waals surface area contributed by atoms with Gasteiger partial charge in [0, 0.05) is 19.1 Å². The van der Waals surface area contributed by atoms with E-state index in [2.05, 4.69) is 18.7 Å². The van der Waals surface area contributed by atoms with Gasteiger partial charge in [0.2, 0.25) is 5.91 Å². The summed E-state index contributed by atoms with van der Waals surface area (Å²) >= 11 is 0. The number of carbonyl (C=O) groups excluding carboxylic acids is 1. The van der Waals surface area contributed by atoms with E-state index in [1.54, 1.807) is 0 Å². The fourth-order valence-corrected chi connectivity index (χ4v) is 6.97. The van der Waals surface area contributed by atoms with Crippen LogP contribution in [0, 0.1) is 22.2 Å². The van der Waals surface area contributed by atoms with E-state index in [1.165, 1.54) is 32.1 Å². The summed E-state index contributed by atoms with van der Waals surface area (Å²) in [6.45, 7) is 6.27. The normalized spacial score (nSPS) is 47.7. The van der Waals surface area contributed by atoms with Crippen molar-refractivity contribution in [1.29, 1.82) is 0 Å². The molecule has 3 heteroatoms. The Hall–Kier alpha value is -0.570. The van der Waals surface area contributed by atoms with Crippen molar-refractivity contribution in [1.82, 2.24) is 4.90 Å². The van der Waals surface area contributed by atoms with E-state index in [0.29, 0.717) is 29.3 Å². The Kier molecular flexibility index (Phi) is 2.84. The van der Waals surface area contributed by atoms with Crippen molar-refractivity contribution in [2.75, 3.05) is 13.1 Å². The zero-order valence-corrected chi connectivity index (χ0v) is 13.7. The number of hydrogen-bond donors (Lipinski definition) is 1. The third-order valence-corrected chi connectivity index (χ3v) is 6.70. The maximum absolute atomic E-state index is 13.4. The molecule has 5 saturated carbocycles. The second-order valence-corrected chi connectivity index (χ2v) is 9.43. The summed E-state index contributed by atoms with van der Waals surface area (Å²) in [5, 5.41) is 0. The molecule has 0 aliphatic heterocycles. The van der Waals surface area contributed by atoms with E-state index >= 15 is 0 Å². The van der Waals surface area contributed by atoms with E-state index in [0.717, 1.165) is 31.7 Å². The van der Waals surface area contributed by atoms with Gasteiger partial charge >= 0.3 is 0 Å². The van der Waals surface area contributed by atoms with Crippen LogP contribution in [0.2, 0.25) is 0 Å². The first-order chi connectivity index (χ1) is 9.87. The van der Waals surface area contributed by atoms with Crippen molar-refractivity contribution < 1.29 is 4.79 Å². The quantitative estimate of drug-likeness (QED) is 0.865. The molecule has 118 valence electrons. The van der Waals surface area contributed by atoms with Crippen molar-refractivity contribution >= 4 is 5.91 Å². The Bertz CT molecular complexity index is 452. The van der Waals surface area contributed by atoms with Crippen molar-refractivity contribution in [3.05, 3.63) is 0 Å². The number of nitrogens with two attached hydrogens (primary N) is 1. The molecule has 2 unspecified atom stereocenters. The van der Waals surface area contributed by atoms with Crippen molar-refractivity contribution in [3.63, 3.8) is 0 Å². The molecular formula is C18H30N2O. The van der Waals surface area contributed by atoms with Crippen LogP contribution in [0.1, 0.15) is 65.2 Å². The smallest absolute Gasteiger partial charge is 0.229 e. The van der Waals surface area contributed by atoms with Gasteiger partial charge in [-0.25, -0.2) is 0 Å². The molecule has 0 aromatic rings. The minimum atomic E-state index is -0.0410. The largest absolute Gasteiger partial charge is 0.338 e. The lowest BCUT2D eigenvalue weighted by Gasteiger charge is -2.65. The lowest BCUT2D eigenvalue weighted by atomic mass is 9.40. The number of nitrogens with zero attached hydrogens (tertiary/aromatic N) is 1. The van der Waals surface area contributed by atoms with Gasteiger partial charge in [-0.05, 0) is 68.1 Å². The number of carbonyl (C=O) groups is 1. The molecule has 0 aromatic heterocycles. The third kappa shape index (κ3) is 2.15. The number of amides is 1. The first kappa shape index (κ1) is 14.0. The maximum Gasteiger partial charge on any atom is 0.229 e. The molecule has 0 radical (unpaired) electrons. The zero-order valence-electron chi connectivity index (χ0n) is 13.7. The van der Waals surface area contributed by atoms with Gasteiger partial charge in [0.05, 0.1) is 5.41 Å². The highest BCUT2D eigenvalue weighted by Crippen LogP contribution is 2.70. The van der Waals surface area contributed by atoms with Crippen LogP contribution in [0.3, 0.4) is 0 Å². The van der Waals surface area contributed by atoms with Gasteiger partial charge in [-0.15, -0.1) is 0 Å². The van der Waals surface area contributed by atoms with Crippen LogP contribution in [-0.2, 0) is 4.79 Å². The molecule has 3 nitrogen and oxygen atoms in total. The van der Waals surface area contributed by atoms with E-state index in [1.807, 2.05) is 0 Å². The molecule has 5 aliphatic rings. The molecule has 0 heterocycles. The van der Waals surface area contributed by atoms with Crippen molar-refractivity contribution in [2.24, 2.45) is 27.9 Å². The SMILES string of the molecule is CC12CC3CC(C)(C1)CC(C(=O)N(CCN)C1CC1)(C3)C2. The Morgan fingerprint density at radius 1 is 1.10 bits per heavy atom. The molecule has 21 heavy (non-hydrogen) atoms. The van der Waals surface area contributed by atoms with Crippen molar-refractivity contribution in [3.8, 4) is 0 Å². The van der Waals surface area contributed by atoms with Crippen LogP contribution in [0.25, 0.3) is 0 Å². The van der Waals surface area contributed by atoms with Gasteiger partial charge in [-0.2, -0.15) is 0 Å². The summed E-state index contributed by atoms with van der Waals surface area (Å²) in [4.78, 5) is 15.6. The van der Waals surface area contributed by atoms with E-state index in [4.69, 9.17) is 5.73 Å². The van der Waals surface area contributed by atoms with Gasteiger partial charge < -0.3 is 10.6 Å². The Morgan fingerprint density at radius 3 is 2.19 bits per heavy atom. The highest BCUT2D eigenvalue weighted by Gasteiger charge is 2.63. The number of hydrogen-bond acceptors (Lipinski definition) is 2. The predicted molar refractivity (Wildman–Crippen MR) is 83.6 cm³/mol. The molecule has 2 atom stereocenters. The summed E-state index contributed by atoms with van der Waals surface area (Å²) in [5.41, 5.74) is 6.58. The molecular weight excluding hydrogens is 260 g/mol. The molecule has 4 bridgehead atoms. The third-order valence-electron chi connectivity index (χ3n) is 6.70. The van der Waals surface area contributed by atoms with Crippen LogP contribution in [0.5, 0.6) is 0 Å². The first-order valence-corrected chi connectivity index (χ1v) is 8.88. The Balaban J connectivity index is 1.65. The molecule has 0 saturated heterocycles. The summed E-state index contributed by atoms with van der Waals surface area (Å²) in [7, 11) is 0. The van der Waals surface area contributed by atoms with Gasteiger partial charge in [0.1, 0.15) is 0 Å². The van der Waals surface area contributed by atoms with Crippen LogP contribution >= 0.6 is 0 Å². The Morgan fingerprint density at radius 2 is 1.71 bits per heavy atom. The molecule has 2 N–H and O–H groups in total. The summed E-state index contributed by atoms with van der Waals surface area (Å²) in [6.07, 6.45) is 9.88. The topological polar surface area (TPSA) is 46.3 Å². The lowest BCUT2D eigenvalue weighted by Crippen LogP contribution is -2.61. The summed E-state index contributed by atoms with van der Waals surface area (Å²) < 4.78 is 0. The van der Waals surface area contributed by atoms with Crippen molar-refractivity contribution in [2.45, 2.75) is 71.3 Å². The van der Waals surface area contributed by atoms with E-state index in [-0.39, 0.29) is 5.41 Å². The standard InChI is InChI=1S/C18H30N2O/c1-16-7-13-8-17(2,10-16)12-18(9-13,11-16)15(21)20(6-5-19)14-3-4-14/h13-14H,3-12,19H2,1-2H3. The molecule has 0 aromatic carbocycles. The van der Waals surface area contributed by atoms with Gasteiger partial charge in [0.15, 0.2) is 0 Å². The average molecular weight is 290 g/mol. The first-order valence-electron chi connectivity index (χ1n) is 8.88. The van der Waals surface area contributed by atoms with Crippen LogP contribution < -0.4 is 5.73 Å². The van der Waals surface area contributed by atoms with E-state index < -0.39 is 0 Å². The molecule has 0 spiro atoms. The minimum absolute atomic E-state index is 0.0410. The van der Waals surface area contributed by atoms with E-state index in [9.17, 15) is 4.79 Å². The Labute approximate surface area is 128 Å². The summed E-state index contributed by atoms with van der Waals surface area (Å²) in [6, 6.07) is 0.509. The maximum atomic E-state index is 13.4. The fraction of sp³-hybridized carbons (Fsp3) is 0.944. The highest BCUT2D eigenvalue weighted by molar-refractivity contribution is 5.84. The van der Waals surface area contributed by atoms with Gasteiger partial charge in [-0.1, -0.05) is 13.8 Å². The minimum Gasteiger partial charge on any atom is -0.338 e. The van der Waals surface area contributed by atoms with Crippen LogP contribution in [0.15, 0.2) is 0 Å². The summed E-state index contributed by atoms with van der Waals surface area (Å²) in [5.74, 6) is 1.26. The molecule has 5 fully saturated rings. The molecule has 5 rings (SSSR count). The monoisotopic (exact) mass is 290 g/mol. The number of rotatable bonds is 4. The molecule has 1 amide bonds. The zero-order chi connectivity index (χ0) is 14.9. The lowest BCUT2D eigenvalue weighted by molar-refractivity contribution is -0.179. The molecule has 5 aliphatic carbocycles. The highest BCUT2D eigenvalue weighted by atomic mass is 16.2. The van der Waals surface area contributed by atoms with Crippen LogP contribution in [0.4, 0.5) is 0 Å². The average Bonchev–Trinajstić information content (AvgIpc) is 3.14. The van der Waals surface area contributed by atoms with Crippen LogP contribution in [-0.4, -0.2) is 29.9 Å². The fourth-order valence-electron chi connectivity index (χ4n) is 6.97. The van der Waals surface area contributed by atoms with Gasteiger partial charge in [0.25, 0.3) is 0 Å². The second kappa shape index (κ2) is 4.24.